The lowest BCUT2D eigenvalue weighted by molar-refractivity contribution is -0.138. The first-order valence-corrected chi connectivity index (χ1v) is 7.60. The van der Waals surface area contributed by atoms with E-state index >= 15 is 0 Å². The lowest BCUT2D eigenvalue weighted by Gasteiger charge is -2.32. The number of nitrogens with one attached hydrogen (secondary N) is 2. The van der Waals surface area contributed by atoms with Crippen molar-refractivity contribution in [2.24, 2.45) is 0 Å². The third-order valence-corrected chi connectivity index (χ3v) is 3.91. The number of aromatic nitrogens is 2. The second-order valence-electron chi connectivity index (χ2n) is 4.61. The largest absolute Gasteiger partial charge is 0.360 e. The van der Waals surface area contributed by atoms with Gasteiger partial charge in [-0.1, -0.05) is 25.2 Å². The smallest absolute Gasteiger partial charge is 0.286 e. The molecule has 1 fully saturated rings. The molecule has 2 rings (SSSR count). The molecule has 0 spiro atoms. The number of hydrogen-bond acceptors (Lipinski definition) is 7. The van der Waals surface area contributed by atoms with E-state index in [0.717, 1.165) is 24.3 Å². The summed E-state index contributed by atoms with van der Waals surface area (Å²) in [5.41, 5.74) is 0. The fourth-order valence-electron chi connectivity index (χ4n) is 2.02. The Hall–Kier alpha value is -2.03. The highest BCUT2D eigenvalue weighted by Crippen LogP contribution is 2.20. The van der Waals surface area contributed by atoms with Crippen molar-refractivity contribution in [3.63, 3.8) is 0 Å². The summed E-state index contributed by atoms with van der Waals surface area (Å²) in [4.78, 5) is 36.9. The van der Waals surface area contributed by atoms with E-state index < -0.39 is 23.8 Å². The van der Waals surface area contributed by atoms with Crippen LogP contribution in [0, 0.1) is 0 Å². The first kappa shape index (κ1) is 15.4. The number of carbonyl (C=O) groups is 3. The van der Waals surface area contributed by atoms with Gasteiger partial charge in [-0.2, -0.15) is 0 Å². The van der Waals surface area contributed by atoms with Crippen LogP contribution in [0.15, 0.2) is 0 Å². The van der Waals surface area contributed by atoms with Crippen molar-refractivity contribution < 1.29 is 14.4 Å². The summed E-state index contributed by atoms with van der Waals surface area (Å²) in [5.74, 6) is -1.37. The molecule has 9 heteroatoms. The zero-order chi connectivity index (χ0) is 15.4. The van der Waals surface area contributed by atoms with Gasteiger partial charge in [0.25, 0.3) is 5.91 Å². The zero-order valence-electron chi connectivity index (χ0n) is 11.9. The monoisotopic (exact) mass is 311 g/mol. The molecule has 2 heterocycles. The van der Waals surface area contributed by atoms with E-state index in [1.165, 1.54) is 4.90 Å². The molecule has 1 saturated heterocycles. The van der Waals surface area contributed by atoms with Crippen LogP contribution in [0.4, 0.5) is 5.13 Å². The summed E-state index contributed by atoms with van der Waals surface area (Å²) in [6, 6.07) is -0.647. The van der Waals surface area contributed by atoms with Gasteiger partial charge in [0, 0.05) is 6.54 Å². The van der Waals surface area contributed by atoms with Crippen molar-refractivity contribution in [1.82, 2.24) is 20.4 Å². The molecular weight excluding hydrogens is 294 g/mol. The van der Waals surface area contributed by atoms with Crippen LogP contribution in [0.5, 0.6) is 0 Å². The highest BCUT2D eigenvalue weighted by atomic mass is 32.1. The van der Waals surface area contributed by atoms with Gasteiger partial charge in [-0.05, 0) is 12.8 Å². The minimum absolute atomic E-state index is 0.139. The second kappa shape index (κ2) is 6.61. The van der Waals surface area contributed by atoms with Crippen LogP contribution < -0.4 is 10.6 Å². The molecule has 1 aromatic rings. The van der Waals surface area contributed by atoms with E-state index in [4.69, 9.17) is 0 Å². The quantitative estimate of drug-likeness (QED) is 0.755. The summed E-state index contributed by atoms with van der Waals surface area (Å²) >= 11 is 1.12. The average molecular weight is 311 g/mol. The molecule has 2 N–H and O–H groups in total. The number of rotatable bonds is 5. The molecule has 1 aromatic heterocycles. The van der Waals surface area contributed by atoms with Crippen LogP contribution in [-0.2, 0) is 9.59 Å². The fourth-order valence-corrected chi connectivity index (χ4v) is 2.75. The van der Waals surface area contributed by atoms with Gasteiger partial charge in [0.1, 0.15) is 12.6 Å². The molecule has 1 atom stereocenters. The van der Waals surface area contributed by atoms with Crippen molar-refractivity contribution in [2.45, 2.75) is 32.7 Å². The molecule has 0 saturated carbocycles. The fraction of sp³-hybridized carbons (Fsp3) is 0.583. The summed E-state index contributed by atoms with van der Waals surface area (Å²) in [5, 5.41) is 13.7. The molecule has 1 aliphatic rings. The Morgan fingerprint density at radius 1 is 1.43 bits per heavy atom. The maximum atomic E-state index is 12.4. The van der Waals surface area contributed by atoms with E-state index in [9.17, 15) is 14.4 Å². The zero-order valence-corrected chi connectivity index (χ0v) is 12.7. The van der Waals surface area contributed by atoms with Crippen molar-refractivity contribution in [3.8, 4) is 0 Å². The highest BCUT2D eigenvalue weighted by molar-refractivity contribution is 7.17. The van der Waals surface area contributed by atoms with Gasteiger partial charge in [0.05, 0.1) is 0 Å². The number of nitrogens with zero attached hydrogens (tertiary/aromatic N) is 3. The standard InChI is InChI=1S/C12H17N5O3S/c1-3-5-13-12-16-15-10(21-12)11(20)17-6-8(18)14-9(19)7(17)4-2/h7H,3-6H2,1-2H3,(H,13,16)(H,14,18,19). The topological polar surface area (TPSA) is 104 Å². The summed E-state index contributed by atoms with van der Waals surface area (Å²) in [6.07, 6.45) is 1.37. The van der Waals surface area contributed by atoms with Crippen molar-refractivity contribution in [3.05, 3.63) is 5.01 Å². The Morgan fingerprint density at radius 3 is 2.86 bits per heavy atom. The van der Waals surface area contributed by atoms with Crippen LogP contribution in [0.25, 0.3) is 0 Å². The molecule has 0 radical (unpaired) electrons. The number of hydrogen-bond donors (Lipinski definition) is 2. The third-order valence-electron chi connectivity index (χ3n) is 3.04. The van der Waals surface area contributed by atoms with Crippen LogP contribution >= 0.6 is 11.3 Å². The Labute approximate surface area is 125 Å². The highest BCUT2D eigenvalue weighted by Gasteiger charge is 2.37. The number of imide groups is 1. The number of amides is 3. The van der Waals surface area contributed by atoms with Crippen molar-refractivity contribution >= 4 is 34.2 Å². The van der Waals surface area contributed by atoms with Gasteiger partial charge < -0.3 is 10.2 Å². The molecule has 0 bridgehead atoms. The predicted octanol–water partition coefficient (Wildman–Crippen LogP) is 0.237. The second-order valence-corrected chi connectivity index (χ2v) is 5.59. The van der Waals surface area contributed by atoms with E-state index in [1.54, 1.807) is 6.92 Å². The molecule has 3 amide bonds. The third kappa shape index (κ3) is 3.35. The average Bonchev–Trinajstić information content (AvgIpc) is 2.92. The molecule has 0 aliphatic carbocycles. The first-order chi connectivity index (χ1) is 10.1. The molecule has 1 aliphatic heterocycles. The number of anilines is 1. The van der Waals surface area contributed by atoms with Crippen molar-refractivity contribution in [2.75, 3.05) is 18.4 Å². The lowest BCUT2D eigenvalue weighted by Crippen LogP contribution is -2.59. The van der Waals surface area contributed by atoms with E-state index in [-0.39, 0.29) is 11.6 Å². The number of carbonyl (C=O) groups excluding carboxylic acids is 3. The first-order valence-electron chi connectivity index (χ1n) is 6.78. The van der Waals surface area contributed by atoms with Gasteiger partial charge in [-0.15, -0.1) is 10.2 Å². The Morgan fingerprint density at radius 2 is 2.19 bits per heavy atom. The van der Waals surface area contributed by atoms with Gasteiger partial charge in [0.2, 0.25) is 22.0 Å². The van der Waals surface area contributed by atoms with Gasteiger partial charge in [0.15, 0.2) is 0 Å². The Kier molecular flexibility index (Phi) is 4.84. The molecular formula is C12H17N5O3S. The molecule has 114 valence electrons. The molecule has 21 heavy (non-hydrogen) atoms. The van der Waals surface area contributed by atoms with Crippen LogP contribution in [-0.4, -0.2) is 52.0 Å². The van der Waals surface area contributed by atoms with Crippen LogP contribution in [0.1, 0.15) is 36.5 Å². The molecule has 1 unspecified atom stereocenters. The summed E-state index contributed by atoms with van der Waals surface area (Å²) < 4.78 is 0. The maximum absolute atomic E-state index is 12.4. The summed E-state index contributed by atoms with van der Waals surface area (Å²) in [6.45, 7) is 4.41. The van der Waals surface area contributed by atoms with Gasteiger partial charge in [-0.3, -0.25) is 19.7 Å². The normalized spacial score (nSPS) is 18.6. The van der Waals surface area contributed by atoms with Crippen molar-refractivity contribution in [1.29, 1.82) is 0 Å². The maximum Gasteiger partial charge on any atom is 0.286 e. The lowest BCUT2D eigenvalue weighted by atomic mass is 10.1. The van der Waals surface area contributed by atoms with Crippen LogP contribution in [0.3, 0.4) is 0 Å². The SMILES string of the molecule is CCCNc1nnc(C(=O)N2CC(=O)NC(=O)C2CC)s1. The predicted molar refractivity (Wildman–Crippen MR) is 77.0 cm³/mol. The molecule has 8 nitrogen and oxygen atoms in total. The van der Waals surface area contributed by atoms with E-state index in [0.29, 0.717) is 11.6 Å². The minimum atomic E-state index is -0.647. The minimum Gasteiger partial charge on any atom is -0.360 e. The summed E-state index contributed by atoms with van der Waals surface area (Å²) in [7, 11) is 0. The van der Waals surface area contributed by atoms with Gasteiger partial charge >= 0.3 is 0 Å². The number of piperazine rings is 1. The Bertz CT molecular complexity index is 559. The van der Waals surface area contributed by atoms with Crippen LogP contribution in [0.2, 0.25) is 0 Å². The molecule has 0 aromatic carbocycles. The Balaban J connectivity index is 2.15. The van der Waals surface area contributed by atoms with Gasteiger partial charge in [-0.25, -0.2) is 0 Å². The van der Waals surface area contributed by atoms with E-state index in [2.05, 4.69) is 20.8 Å². The van der Waals surface area contributed by atoms with E-state index in [1.807, 2.05) is 6.92 Å².